The standard InChI is InChI=1S/C27H37N5O4/c1-2-36-25-9-4-3-8-23(25)30-27(34)29-21-10-11-24(32-14-5-6-15-32)22(20-21)26(33)28-12-7-13-31-16-18-35-19-17-31/h3-4,8-11,20H,2,5-7,12-19H2,1H3,(H,28,33)(H2,29,30,34). The summed E-state index contributed by atoms with van der Waals surface area (Å²) < 4.78 is 11.0. The predicted octanol–water partition coefficient (Wildman–Crippen LogP) is 3.78. The first-order valence-electron chi connectivity index (χ1n) is 12.9. The first-order valence-corrected chi connectivity index (χ1v) is 12.9. The van der Waals surface area contributed by atoms with Gasteiger partial charge in [0.25, 0.3) is 5.91 Å². The molecule has 2 aromatic rings. The third-order valence-corrected chi connectivity index (χ3v) is 6.42. The average Bonchev–Trinajstić information content (AvgIpc) is 3.43. The molecule has 0 saturated carbocycles. The Balaban J connectivity index is 1.40. The van der Waals surface area contributed by atoms with Crippen molar-refractivity contribution in [2.24, 2.45) is 0 Å². The summed E-state index contributed by atoms with van der Waals surface area (Å²) in [5.74, 6) is 0.487. The number of nitrogens with zero attached hydrogens (tertiary/aromatic N) is 2. The molecule has 2 aromatic carbocycles. The molecule has 2 heterocycles. The number of nitrogens with one attached hydrogen (secondary N) is 3. The summed E-state index contributed by atoms with van der Waals surface area (Å²) in [5, 5.41) is 8.77. The van der Waals surface area contributed by atoms with Crippen molar-refractivity contribution in [3.8, 4) is 5.75 Å². The Morgan fingerprint density at radius 2 is 1.78 bits per heavy atom. The normalized spacial score (nSPS) is 16.0. The van der Waals surface area contributed by atoms with Gasteiger partial charge in [0.1, 0.15) is 5.75 Å². The molecular weight excluding hydrogens is 458 g/mol. The van der Waals surface area contributed by atoms with Crippen molar-refractivity contribution in [2.45, 2.75) is 26.2 Å². The Morgan fingerprint density at radius 3 is 2.56 bits per heavy atom. The lowest BCUT2D eigenvalue weighted by Gasteiger charge is -2.26. The van der Waals surface area contributed by atoms with Crippen molar-refractivity contribution in [2.75, 3.05) is 74.6 Å². The van der Waals surface area contributed by atoms with Gasteiger partial charge in [0.05, 0.1) is 31.1 Å². The SMILES string of the molecule is CCOc1ccccc1NC(=O)Nc1ccc(N2CCCC2)c(C(=O)NCCCN2CCOCC2)c1. The van der Waals surface area contributed by atoms with E-state index in [4.69, 9.17) is 9.47 Å². The summed E-state index contributed by atoms with van der Waals surface area (Å²) >= 11 is 0. The predicted molar refractivity (Wildman–Crippen MR) is 142 cm³/mol. The summed E-state index contributed by atoms with van der Waals surface area (Å²) in [6, 6.07) is 12.4. The molecule has 9 nitrogen and oxygen atoms in total. The van der Waals surface area contributed by atoms with E-state index >= 15 is 0 Å². The van der Waals surface area contributed by atoms with Crippen LogP contribution in [0.25, 0.3) is 0 Å². The molecule has 0 aromatic heterocycles. The van der Waals surface area contributed by atoms with Crippen molar-refractivity contribution in [1.29, 1.82) is 0 Å². The van der Waals surface area contributed by atoms with Crippen molar-refractivity contribution in [3.05, 3.63) is 48.0 Å². The number of hydrogen-bond acceptors (Lipinski definition) is 6. The molecule has 2 fully saturated rings. The number of urea groups is 1. The highest BCUT2D eigenvalue weighted by molar-refractivity contribution is 6.04. The van der Waals surface area contributed by atoms with Gasteiger partial charge in [-0.25, -0.2) is 4.79 Å². The number of hydrogen-bond donors (Lipinski definition) is 3. The number of ether oxygens (including phenoxy) is 2. The van der Waals surface area contributed by atoms with E-state index in [9.17, 15) is 9.59 Å². The third kappa shape index (κ3) is 7.11. The Morgan fingerprint density at radius 1 is 1.00 bits per heavy atom. The van der Waals surface area contributed by atoms with Crippen LogP contribution in [0.5, 0.6) is 5.75 Å². The van der Waals surface area contributed by atoms with Gasteiger partial charge in [0, 0.05) is 44.1 Å². The molecule has 0 spiro atoms. The fraction of sp³-hybridized carbons (Fsp3) is 0.481. The van der Waals surface area contributed by atoms with Gasteiger partial charge in [-0.15, -0.1) is 0 Å². The maximum absolute atomic E-state index is 13.2. The van der Waals surface area contributed by atoms with Gasteiger partial charge in [-0.2, -0.15) is 0 Å². The van der Waals surface area contributed by atoms with Crippen molar-refractivity contribution in [3.63, 3.8) is 0 Å². The maximum atomic E-state index is 13.2. The van der Waals surface area contributed by atoms with Crippen LogP contribution >= 0.6 is 0 Å². The van der Waals surface area contributed by atoms with E-state index in [0.29, 0.717) is 35.8 Å². The van der Waals surface area contributed by atoms with Crippen LogP contribution in [0, 0.1) is 0 Å². The number of rotatable bonds is 10. The molecule has 9 heteroatoms. The summed E-state index contributed by atoms with van der Waals surface area (Å²) in [7, 11) is 0. The van der Waals surface area contributed by atoms with Crippen LogP contribution in [0.15, 0.2) is 42.5 Å². The van der Waals surface area contributed by atoms with Gasteiger partial charge in [0.15, 0.2) is 0 Å². The second-order valence-corrected chi connectivity index (χ2v) is 9.00. The topological polar surface area (TPSA) is 95.2 Å². The van der Waals surface area contributed by atoms with Crippen LogP contribution in [0.4, 0.5) is 21.9 Å². The number of carbonyl (C=O) groups is 2. The lowest BCUT2D eigenvalue weighted by atomic mass is 10.1. The van der Waals surface area contributed by atoms with Crippen molar-refractivity contribution in [1.82, 2.24) is 10.2 Å². The molecule has 0 bridgehead atoms. The minimum atomic E-state index is -0.395. The molecular formula is C27H37N5O4. The van der Waals surface area contributed by atoms with E-state index in [1.54, 1.807) is 12.1 Å². The van der Waals surface area contributed by atoms with E-state index in [2.05, 4.69) is 25.8 Å². The molecule has 0 aliphatic carbocycles. The maximum Gasteiger partial charge on any atom is 0.323 e. The fourth-order valence-electron chi connectivity index (χ4n) is 4.59. The van der Waals surface area contributed by atoms with Gasteiger partial charge < -0.3 is 30.3 Å². The number of benzene rings is 2. The van der Waals surface area contributed by atoms with Gasteiger partial charge in [-0.1, -0.05) is 12.1 Å². The van der Waals surface area contributed by atoms with E-state index in [1.165, 1.54) is 0 Å². The smallest absolute Gasteiger partial charge is 0.323 e. The quantitative estimate of drug-likeness (QED) is 0.434. The highest BCUT2D eigenvalue weighted by atomic mass is 16.5. The monoisotopic (exact) mass is 495 g/mol. The van der Waals surface area contributed by atoms with E-state index in [0.717, 1.165) is 70.9 Å². The third-order valence-electron chi connectivity index (χ3n) is 6.42. The van der Waals surface area contributed by atoms with Gasteiger partial charge in [-0.05, 0) is 63.1 Å². The zero-order chi connectivity index (χ0) is 25.2. The Bertz CT molecular complexity index is 1020. The minimum Gasteiger partial charge on any atom is -0.492 e. The molecule has 3 N–H and O–H groups in total. The highest BCUT2D eigenvalue weighted by Gasteiger charge is 2.21. The summed E-state index contributed by atoms with van der Waals surface area (Å²) in [6.45, 7) is 9.23. The zero-order valence-corrected chi connectivity index (χ0v) is 21.1. The lowest BCUT2D eigenvalue weighted by Crippen LogP contribution is -2.38. The fourth-order valence-corrected chi connectivity index (χ4v) is 4.59. The molecule has 2 aliphatic heterocycles. The van der Waals surface area contributed by atoms with Gasteiger partial charge in [-0.3, -0.25) is 9.69 Å². The van der Waals surface area contributed by atoms with Crippen LogP contribution < -0.4 is 25.6 Å². The Labute approximate surface area is 213 Å². The molecule has 0 unspecified atom stereocenters. The second kappa shape index (κ2) is 13.1. The Hall–Kier alpha value is -3.30. The van der Waals surface area contributed by atoms with Crippen LogP contribution in [0.1, 0.15) is 36.5 Å². The number of para-hydroxylation sites is 2. The number of amides is 3. The largest absolute Gasteiger partial charge is 0.492 e. The molecule has 2 aliphatic rings. The van der Waals surface area contributed by atoms with Crippen LogP contribution in [-0.2, 0) is 4.74 Å². The van der Waals surface area contributed by atoms with Gasteiger partial charge >= 0.3 is 6.03 Å². The van der Waals surface area contributed by atoms with E-state index in [1.807, 2.05) is 37.3 Å². The zero-order valence-electron chi connectivity index (χ0n) is 21.1. The average molecular weight is 496 g/mol. The van der Waals surface area contributed by atoms with E-state index < -0.39 is 6.03 Å². The van der Waals surface area contributed by atoms with Crippen LogP contribution in [-0.4, -0.2) is 75.9 Å². The lowest BCUT2D eigenvalue weighted by molar-refractivity contribution is 0.0374. The molecule has 3 amide bonds. The summed E-state index contributed by atoms with van der Waals surface area (Å²) in [4.78, 5) is 30.5. The minimum absolute atomic E-state index is 0.121. The van der Waals surface area contributed by atoms with Gasteiger partial charge in [0.2, 0.25) is 0 Å². The molecule has 194 valence electrons. The highest BCUT2D eigenvalue weighted by Crippen LogP contribution is 2.28. The molecule has 0 atom stereocenters. The molecule has 2 saturated heterocycles. The van der Waals surface area contributed by atoms with E-state index in [-0.39, 0.29) is 5.91 Å². The number of carbonyl (C=O) groups excluding carboxylic acids is 2. The Kier molecular flexibility index (Phi) is 9.40. The van der Waals surface area contributed by atoms with Crippen molar-refractivity contribution < 1.29 is 19.1 Å². The molecule has 0 radical (unpaired) electrons. The number of morpholine rings is 1. The van der Waals surface area contributed by atoms with Crippen molar-refractivity contribution >= 4 is 29.0 Å². The molecule has 36 heavy (non-hydrogen) atoms. The summed E-state index contributed by atoms with van der Waals surface area (Å²) in [6.07, 6.45) is 3.11. The first kappa shape index (κ1) is 25.8. The summed E-state index contributed by atoms with van der Waals surface area (Å²) in [5.41, 5.74) is 2.63. The first-order chi connectivity index (χ1) is 17.6. The van der Waals surface area contributed by atoms with Crippen LogP contribution in [0.2, 0.25) is 0 Å². The second-order valence-electron chi connectivity index (χ2n) is 9.00. The number of anilines is 3. The van der Waals surface area contributed by atoms with Crippen LogP contribution in [0.3, 0.4) is 0 Å². The molecule has 4 rings (SSSR count).